The zero-order valence-electron chi connectivity index (χ0n) is 13.6. The van der Waals surface area contributed by atoms with E-state index < -0.39 is 24.5 Å². The van der Waals surface area contributed by atoms with Crippen LogP contribution in [-0.2, 0) is 11.2 Å². The fourth-order valence-electron chi connectivity index (χ4n) is 2.80. The van der Waals surface area contributed by atoms with Gasteiger partial charge in [-0.25, -0.2) is 0 Å². The van der Waals surface area contributed by atoms with Gasteiger partial charge in [0.25, 0.3) is 5.91 Å². The lowest BCUT2D eigenvalue weighted by atomic mass is 9.96. The number of hydrogen-bond donors (Lipinski definition) is 1. The van der Waals surface area contributed by atoms with Gasteiger partial charge in [-0.05, 0) is 19.8 Å². The van der Waals surface area contributed by atoms with Crippen molar-refractivity contribution in [2.24, 2.45) is 5.92 Å². The Bertz CT molecular complexity index is 613. The Hall–Kier alpha value is -2.06. The molecule has 1 aromatic heterocycles. The molecule has 1 aliphatic rings. The number of amides is 2. The molecule has 1 aromatic rings. The van der Waals surface area contributed by atoms with Crippen molar-refractivity contribution < 1.29 is 27.3 Å². The van der Waals surface area contributed by atoms with Gasteiger partial charge in [-0.3, -0.25) is 9.59 Å². The minimum atomic E-state index is -4.45. The summed E-state index contributed by atoms with van der Waals surface area (Å²) in [6.45, 7) is 2.68. The Morgan fingerprint density at radius 1 is 1.42 bits per heavy atom. The lowest BCUT2D eigenvalue weighted by molar-refractivity contribution is -0.141. The quantitative estimate of drug-likeness (QED) is 0.905. The van der Waals surface area contributed by atoms with Gasteiger partial charge < -0.3 is 14.7 Å². The predicted octanol–water partition coefficient (Wildman–Crippen LogP) is 2.08. The third kappa shape index (κ3) is 4.27. The number of piperidine rings is 1. The summed E-state index contributed by atoms with van der Waals surface area (Å²) in [6, 6.07) is 0. The fraction of sp³-hybridized carbons (Fsp3) is 0.667. The summed E-state index contributed by atoms with van der Waals surface area (Å²) >= 11 is 0. The number of nitrogens with zero attached hydrogens (tertiary/aromatic N) is 2. The molecule has 0 unspecified atom stereocenters. The van der Waals surface area contributed by atoms with Gasteiger partial charge >= 0.3 is 6.18 Å². The summed E-state index contributed by atoms with van der Waals surface area (Å²) in [5.41, 5.74) is 0.856. The first-order valence-corrected chi connectivity index (χ1v) is 7.81. The Kier molecular flexibility index (Phi) is 5.51. The zero-order valence-corrected chi connectivity index (χ0v) is 13.6. The summed E-state index contributed by atoms with van der Waals surface area (Å²) < 4.78 is 41.7. The normalized spacial score (nSPS) is 18.5. The third-order valence-corrected chi connectivity index (χ3v) is 4.01. The van der Waals surface area contributed by atoms with Crippen molar-refractivity contribution in [1.82, 2.24) is 15.4 Å². The van der Waals surface area contributed by atoms with Crippen LogP contribution < -0.4 is 5.32 Å². The number of carbonyl (C=O) groups is 2. The SMILES string of the molecule is CCc1onc(C)c1C(=O)N1CCC[C@@H](C(=O)NCC(F)(F)F)C1. The van der Waals surface area contributed by atoms with E-state index in [2.05, 4.69) is 5.16 Å². The molecule has 2 amide bonds. The number of likely N-dealkylation sites (tertiary alicyclic amines) is 1. The van der Waals surface area contributed by atoms with Crippen molar-refractivity contribution in [3.05, 3.63) is 17.0 Å². The molecule has 0 aliphatic carbocycles. The number of carbonyl (C=O) groups excluding carboxylic acids is 2. The van der Waals surface area contributed by atoms with Crippen molar-refractivity contribution in [2.75, 3.05) is 19.6 Å². The first-order chi connectivity index (χ1) is 11.2. The Morgan fingerprint density at radius 3 is 2.75 bits per heavy atom. The minimum Gasteiger partial charge on any atom is -0.360 e. The number of hydrogen-bond acceptors (Lipinski definition) is 4. The van der Waals surface area contributed by atoms with Gasteiger partial charge in [-0.2, -0.15) is 13.2 Å². The molecule has 134 valence electrons. The highest BCUT2D eigenvalue weighted by molar-refractivity contribution is 5.96. The summed E-state index contributed by atoms with van der Waals surface area (Å²) in [6.07, 6.45) is -2.93. The molecule has 1 fully saturated rings. The molecule has 0 bridgehead atoms. The van der Waals surface area contributed by atoms with Crippen LogP contribution in [0, 0.1) is 12.8 Å². The monoisotopic (exact) mass is 347 g/mol. The molecule has 1 aliphatic heterocycles. The number of halogens is 3. The molecule has 24 heavy (non-hydrogen) atoms. The number of nitrogens with one attached hydrogen (secondary N) is 1. The maximum atomic E-state index is 12.7. The topological polar surface area (TPSA) is 75.4 Å². The molecular weight excluding hydrogens is 327 g/mol. The number of rotatable bonds is 4. The van der Waals surface area contributed by atoms with Crippen molar-refractivity contribution in [3.8, 4) is 0 Å². The lowest BCUT2D eigenvalue weighted by Crippen LogP contribution is -2.47. The van der Waals surface area contributed by atoms with Gasteiger partial charge in [-0.15, -0.1) is 0 Å². The van der Waals surface area contributed by atoms with Crippen LogP contribution in [0.4, 0.5) is 13.2 Å². The van der Waals surface area contributed by atoms with Gasteiger partial charge in [0.15, 0.2) is 0 Å². The second-order valence-corrected chi connectivity index (χ2v) is 5.84. The standard InChI is InChI=1S/C15H20F3N3O3/c1-3-11-12(9(2)20-24-11)14(23)21-6-4-5-10(7-21)13(22)19-8-15(16,17)18/h10H,3-8H2,1-2H3,(H,19,22)/t10-/m1/s1. The lowest BCUT2D eigenvalue weighted by Gasteiger charge is -2.32. The van der Waals surface area contributed by atoms with E-state index in [0.717, 1.165) is 0 Å². The van der Waals surface area contributed by atoms with Gasteiger partial charge in [0.05, 0.1) is 11.6 Å². The zero-order chi connectivity index (χ0) is 17.9. The average molecular weight is 347 g/mol. The Labute approximate surface area is 137 Å². The van der Waals surface area contributed by atoms with E-state index in [1.165, 1.54) is 4.90 Å². The third-order valence-electron chi connectivity index (χ3n) is 4.01. The molecule has 6 nitrogen and oxygen atoms in total. The van der Waals surface area contributed by atoms with Crippen molar-refractivity contribution in [2.45, 2.75) is 39.3 Å². The number of alkyl halides is 3. The molecule has 9 heteroatoms. The molecule has 0 radical (unpaired) electrons. The maximum Gasteiger partial charge on any atom is 0.405 e. The van der Waals surface area contributed by atoms with Gasteiger partial charge in [0.2, 0.25) is 5.91 Å². The smallest absolute Gasteiger partial charge is 0.360 e. The van der Waals surface area contributed by atoms with E-state index in [0.29, 0.717) is 42.8 Å². The number of aromatic nitrogens is 1. The van der Waals surface area contributed by atoms with Crippen molar-refractivity contribution in [1.29, 1.82) is 0 Å². The van der Waals surface area contributed by atoms with Crippen LogP contribution in [0.5, 0.6) is 0 Å². The molecule has 2 heterocycles. The molecule has 1 atom stereocenters. The van der Waals surface area contributed by atoms with Gasteiger partial charge in [0.1, 0.15) is 17.9 Å². The van der Waals surface area contributed by atoms with E-state index in [1.807, 2.05) is 12.2 Å². The first-order valence-electron chi connectivity index (χ1n) is 7.81. The van der Waals surface area contributed by atoms with Gasteiger partial charge in [-0.1, -0.05) is 12.1 Å². The highest BCUT2D eigenvalue weighted by atomic mass is 19.4. The van der Waals surface area contributed by atoms with Crippen LogP contribution in [0.25, 0.3) is 0 Å². The van der Waals surface area contributed by atoms with Crippen LogP contribution in [0.3, 0.4) is 0 Å². The second kappa shape index (κ2) is 7.23. The van der Waals surface area contributed by atoms with E-state index in [4.69, 9.17) is 4.52 Å². The molecule has 0 saturated carbocycles. The summed E-state index contributed by atoms with van der Waals surface area (Å²) in [4.78, 5) is 26.1. The second-order valence-electron chi connectivity index (χ2n) is 5.84. The molecule has 1 N–H and O–H groups in total. The maximum absolute atomic E-state index is 12.7. The molecule has 0 aromatic carbocycles. The fourth-order valence-corrected chi connectivity index (χ4v) is 2.80. The van der Waals surface area contributed by atoms with E-state index in [-0.39, 0.29) is 12.5 Å². The average Bonchev–Trinajstić information content (AvgIpc) is 2.92. The van der Waals surface area contributed by atoms with E-state index >= 15 is 0 Å². The highest BCUT2D eigenvalue weighted by Crippen LogP contribution is 2.23. The Morgan fingerprint density at radius 2 is 2.12 bits per heavy atom. The van der Waals surface area contributed by atoms with Crippen molar-refractivity contribution >= 4 is 11.8 Å². The first kappa shape index (κ1) is 18.3. The summed E-state index contributed by atoms with van der Waals surface area (Å²) in [5.74, 6) is -1.14. The van der Waals surface area contributed by atoms with Crippen molar-refractivity contribution in [3.63, 3.8) is 0 Å². The summed E-state index contributed by atoms with van der Waals surface area (Å²) in [7, 11) is 0. The molecule has 2 rings (SSSR count). The highest BCUT2D eigenvalue weighted by Gasteiger charge is 2.34. The molecular formula is C15H20F3N3O3. The molecule has 0 spiro atoms. The van der Waals surface area contributed by atoms with E-state index in [1.54, 1.807) is 6.92 Å². The van der Waals surface area contributed by atoms with Gasteiger partial charge in [0, 0.05) is 19.5 Å². The van der Waals surface area contributed by atoms with Crippen LogP contribution >= 0.6 is 0 Å². The Balaban J connectivity index is 2.03. The molecule has 1 saturated heterocycles. The van der Waals surface area contributed by atoms with E-state index in [9.17, 15) is 22.8 Å². The summed E-state index contributed by atoms with van der Waals surface area (Å²) in [5, 5.41) is 5.67. The number of aryl methyl sites for hydroxylation is 2. The predicted molar refractivity (Wildman–Crippen MR) is 78.3 cm³/mol. The van der Waals surface area contributed by atoms with Crippen LogP contribution in [-0.4, -0.2) is 47.7 Å². The largest absolute Gasteiger partial charge is 0.405 e. The minimum absolute atomic E-state index is 0.0935. The van der Waals surface area contributed by atoms with Crippen LogP contribution in [0.15, 0.2) is 4.52 Å². The van der Waals surface area contributed by atoms with Crippen LogP contribution in [0.2, 0.25) is 0 Å². The van der Waals surface area contributed by atoms with Crippen LogP contribution in [0.1, 0.15) is 41.6 Å².